The zero-order valence-electron chi connectivity index (χ0n) is 43.6. The Kier molecular flexibility index (Phi) is 46.2. The van der Waals surface area contributed by atoms with Crippen molar-refractivity contribution in [3.05, 3.63) is 109 Å². The van der Waals surface area contributed by atoms with Crippen molar-refractivity contribution >= 4 is 13.7 Å². The number of carbonyl (C=O) groups is 1. The summed E-state index contributed by atoms with van der Waals surface area (Å²) in [4.78, 5) is 23.0. The van der Waals surface area contributed by atoms with Gasteiger partial charge in [-0.15, -0.1) is 0 Å². The smallest absolute Gasteiger partial charge is 0.391 e. The Hall–Kier alpha value is -2.84. The third-order valence-electron chi connectivity index (χ3n) is 11.3. The summed E-state index contributed by atoms with van der Waals surface area (Å²) >= 11 is 0. The Bertz CT molecular complexity index is 1450. The number of likely N-dealkylation sites (N-methyl/N-ethyl adjacent to an activating group) is 1. The highest BCUT2D eigenvalue weighted by Crippen LogP contribution is 2.43. The van der Waals surface area contributed by atoms with Gasteiger partial charge in [0, 0.05) is 6.42 Å². The second-order valence-corrected chi connectivity index (χ2v) is 20.3. The topological polar surface area (TPSA) is 105 Å². The molecule has 0 fully saturated rings. The standard InChI is InChI=1S/C58H101N2O6P/c1-6-8-10-12-13-14-15-16-17-18-19-20-21-22-23-24-25-26-27-28-29-30-31-32-33-34-35-36-37-38-39-40-41-42-43-44-45-46-47-48-50-52-58(62)59-56(57(61)51-49-11-9-7-2)55-66-67(63,64)65-54-53-60(3,4)5/h8,10,13-14,16-17,19-20,22-23,25-26,28-29,31-32,34-35,56-57,61H,6-7,9,11-12,15,18,21,24,27,30,33,36-55H2,1-5H3,(H-,59,62,63,64)/p+1/b10-8-,14-13-,17-16-,20-19-,23-22-,26-25-,29-28-,32-31-,35-34-. The monoisotopic (exact) mass is 954 g/mol. The molecule has 3 N–H and O–H groups in total. The number of aliphatic hydroxyl groups is 1. The zero-order chi connectivity index (χ0) is 49.2. The lowest BCUT2D eigenvalue weighted by atomic mass is 10.0. The summed E-state index contributed by atoms with van der Waals surface area (Å²) in [6, 6.07) is -0.762. The van der Waals surface area contributed by atoms with Crippen molar-refractivity contribution in [2.45, 2.75) is 212 Å². The summed E-state index contributed by atoms with van der Waals surface area (Å²) in [7, 11) is 1.60. The average Bonchev–Trinajstić information content (AvgIpc) is 3.29. The summed E-state index contributed by atoms with van der Waals surface area (Å²) in [5.74, 6) is -0.160. The Balaban J connectivity index is 3.82. The van der Waals surface area contributed by atoms with Crippen molar-refractivity contribution in [1.82, 2.24) is 5.32 Å². The van der Waals surface area contributed by atoms with Gasteiger partial charge in [0.2, 0.25) is 5.91 Å². The van der Waals surface area contributed by atoms with E-state index in [0.29, 0.717) is 23.9 Å². The van der Waals surface area contributed by atoms with Crippen molar-refractivity contribution in [3.63, 3.8) is 0 Å². The number of allylic oxidation sites excluding steroid dienone is 18. The van der Waals surface area contributed by atoms with Crippen LogP contribution in [0.15, 0.2) is 109 Å². The second-order valence-electron chi connectivity index (χ2n) is 18.9. The molecule has 8 nitrogen and oxygen atoms in total. The molecule has 0 radical (unpaired) electrons. The Morgan fingerprint density at radius 1 is 0.522 bits per heavy atom. The molecule has 0 aromatic carbocycles. The first-order valence-electron chi connectivity index (χ1n) is 26.8. The van der Waals surface area contributed by atoms with Crippen molar-refractivity contribution in [1.29, 1.82) is 0 Å². The lowest BCUT2D eigenvalue weighted by Gasteiger charge is -2.26. The molecule has 3 unspecified atom stereocenters. The number of hydrogen-bond donors (Lipinski definition) is 3. The second kappa shape index (κ2) is 48.2. The number of rotatable bonds is 47. The molecular weight excluding hydrogens is 852 g/mol. The highest BCUT2D eigenvalue weighted by molar-refractivity contribution is 7.47. The molecule has 0 heterocycles. The van der Waals surface area contributed by atoms with E-state index in [4.69, 9.17) is 9.05 Å². The van der Waals surface area contributed by atoms with Crippen LogP contribution in [0.5, 0.6) is 0 Å². The van der Waals surface area contributed by atoms with Crippen LogP contribution < -0.4 is 5.32 Å². The highest BCUT2D eigenvalue weighted by Gasteiger charge is 2.28. The molecule has 0 spiro atoms. The molecule has 0 aliphatic carbocycles. The maximum absolute atomic E-state index is 12.8. The van der Waals surface area contributed by atoms with Crippen molar-refractivity contribution in [3.8, 4) is 0 Å². The van der Waals surface area contributed by atoms with Gasteiger partial charge in [-0.2, -0.15) is 0 Å². The minimum Gasteiger partial charge on any atom is -0.391 e. The Labute approximate surface area is 412 Å². The van der Waals surface area contributed by atoms with E-state index in [9.17, 15) is 19.4 Å². The van der Waals surface area contributed by atoms with Gasteiger partial charge in [0.1, 0.15) is 13.2 Å². The molecule has 1 amide bonds. The fraction of sp³-hybridized carbons (Fsp3) is 0.672. The SMILES string of the molecule is CC/C=C\C/C=C\C/C=C\C/C=C\C/C=C\C/C=C\C/C=C\C/C=C\C/C=C\CCCCCCCCCCCCCCCC(=O)NC(COP(=O)(O)OCC[N+](C)(C)C)C(O)CCCCCC. The average molecular weight is 954 g/mol. The van der Waals surface area contributed by atoms with Gasteiger partial charge in [0.05, 0.1) is 39.9 Å². The third kappa shape index (κ3) is 50.9. The van der Waals surface area contributed by atoms with Crippen LogP contribution in [0.25, 0.3) is 0 Å². The molecule has 0 aliphatic rings. The predicted molar refractivity (Wildman–Crippen MR) is 290 cm³/mol. The summed E-state index contributed by atoms with van der Waals surface area (Å²) in [6.07, 6.45) is 70.8. The van der Waals surface area contributed by atoms with Crippen LogP contribution in [0.1, 0.15) is 200 Å². The number of amides is 1. The van der Waals surface area contributed by atoms with Crippen LogP contribution >= 0.6 is 7.82 Å². The number of unbranched alkanes of at least 4 members (excludes halogenated alkanes) is 16. The summed E-state index contributed by atoms with van der Waals surface area (Å²) < 4.78 is 23.4. The van der Waals surface area contributed by atoms with Gasteiger partial charge >= 0.3 is 7.82 Å². The van der Waals surface area contributed by atoms with Crippen LogP contribution in [0.2, 0.25) is 0 Å². The first-order valence-corrected chi connectivity index (χ1v) is 28.2. The summed E-state index contributed by atoms with van der Waals surface area (Å²) in [5.41, 5.74) is 0. The summed E-state index contributed by atoms with van der Waals surface area (Å²) in [6.45, 7) is 4.63. The molecule has 0 saturated carbocycles. The van der Waals surface area contributed by atoms with Gasteiger partial charge in [0.25, 0.3) is 0 Å². The van der Waals surface area contributed by atoms with Crippen LogP contribution in [0.4, 0.5) is 0 Å². The van der Waals surface area contributed by atoms with Gasteiger partial charge in [-0.1, -0.05) is 220 Å². The Morgan fingerprint density at radius 2 is 0.896 bits per heavy atom. The van der Waals surface area contributed by atoms with Crippen LogP contribution in [0, 0.1) is 0 Å². The number of nitrogens with one attached hydrogen (secondary N) is 1. The van der Waals surface area contributed by atoms with Crippen molar-refractivity contribution in [2.24, 2.45) is 0 Å². The largest absolute Gasteiger partial charge is 0.472 e. The van der Waals surface area contributed by atoms with E-state index in [0.717, 1.165) is 103 Å². The van der Waals surface area contributed by atoms with Crippen LogP contribution in [-0.4, -0.2) is 73.4 Å². The number of aliphatic hydroxyl groups excluding tert-OH is 1. The first kappa shape index (κ1) is 64.2. The predicted octanol–water partition coefficient (Wildman–Crippen LogP) is 16.0. The highest BCUT2D eigenvalue weighted by atomic mass is 31.2. The van der Waals surface area contributed by atoms with Crippen molar-refractivity contribution in [2.75, 3.05) is 40.9 Å². The molecular formula is C58H102N2O6P+. The third-order valence-corrected chi connectivity index (χ3v) is 12.3. The molecule has 0 bridgehead atoms. The van der Waals surface area contributed by atoms with Crippen LogP contribution in [-0.2, 0) is 18.4 Å². The van der Waals surface area contributed by atoms with Gasteiger partial charge in [-0.25, -0.2) is 4.57 Å². The zero-order valence-corrected chi connectivity index (χ0v) is 44.5. The maximum atomic E-state index is 12.8. The van der Waals surface area contributed by atoms with E-state index < -0.39 is 20.0 Å². The number of hydrogen-bond acceptors (Lipinski definition) is 5. The van der Waals surface area contributed by atoms with Gasteiger partial charge in [0.15, 0.2) is 0 Å². The fourth-order valence-corrected chi connectivity index (χ4v) is 7.83. The number of phosphoric ester groups is 1. The lowest BCUT2D eigenvalue weighted by Crippen LogP contribution is -2.46. The van der Waals surface area contributed by atoms with E-state index in [1.54, 1.807) is 0 Å². The van der Waals surface area contributed by atoms with Gasteiger partial charge in [-0.05, 0) is 83.5 Å². The molecule has 3 atom stereocenters. The van der Waals surface area contributed by atoms with E-state index in [1.807, 2.05) is 21.1 Å². The van der Waals surface area contributed by atoms with Crippen molar-refractivity contribution < 1.29 is 32.9 Å². The molecule has 67 heavy (non-hydrogen) atoms. The molecule has 9 heteroatoms. The number of carbonyl (C=O) groups excluding carboxylic acids is 1. The lowest BCUT2D eigenvalue weighted by molar-refractivity contribution is -0.870. The van der Waals surface area contributed by atoms with E-state index >= 15 is 0 Å². The minimum atomic E-state index is -4.30. The summed E-state index contributed by atoms with van der Waals surface area (Å²) in [5, 5.41) is 13.7. The number of phosphoric acid groups is 1. The molecule has 0 aromatic rings. The van der Waals surface area contributed by atoms with E-state index in [-0.39, 0.29) is 19.1 Å². The molecule has 0 rings (SSSR count). The minimum absolute atomic E-state index is 0.0693. The van der Waals surface area contributed by atoms with Gasteiger partial charge in [-0.3, -0.25) is 13.8 Å². The number of quaternary nitrogens is 1. The Morgan fingerprint density at radius 3 is 1.30 bits per heavy atom. The van der Waals surface area contributed by atoms with Crippen LogP contribution in [0.3, 0.4) is 0 Å². The molecule has 384 valence electrons. The van der Waals surface area contributed by atoms with E-state index in [1.165, 1.54) is 70.6 Å². The maximum Gasteiger partial charge on any atom is 0.472 e. The molecule has 0 saturated heterocycles. The molecule has 0 aliphatic heterocycles. The van der Waals surface area contributed by atoms with E-state index in [2.05, 4.69) is 129 Å². The van der Waals surface area contributed by atoms with Gasteiger partial charge < -0.3 is 19.8 Å². The number of nitrogens with zero attached hydrogens (tertiary/aromatic N) is 1. The fourth-order valence-electron chi connectivity index (χ4n) is 7.10. The molecule has 0 aromatic heterocycles. The quantitative estimate of drug-likeness (QED) is 0.0243. The normalized spacial score (nSPS) is 14.9. The first-order chi connectivity index (χ1) is 32.5.